The van der Waals surface area contributed by atoms with E-state index in [1.54, 1.807) is 0 Å². The monoisotopic (exact) mass is 244 g/mol. The Bertz CT molecular complexity index is 174. The Hall–Kier alpha value is -0.120. The van der Waals surface area contributed by atoms with E-state index in [1.807, 2.05) is 0 Å². The van der Waals surface area contributed by atoms with Crippen LogP contribution in [0.5, 0.6) is 0 Å². The smallest absolute Gasteiger partial charge is 0.0596 e. The van der Waals surface area contributed by atoms with Crippen LogP contribution < -0.4 is 5.32 Å². The van der Waals surface area contributed by atoms with Crippen molar-refractivity contribution in [3.05, 3.63) is 0 Å². The average Bonchev–Trinajstić information content (AvgIpc) is 2.25. The summed E-state index contributed by atoms with van der Waals surface area (Å²) in [7, 11) is 2.18. The lowest BCUT2D eigenvalue weighted by Crippen LogP contribution is -2.38. The van der Waals surface area contributed by atoms with Crippen LogP contribution in [0.15, 0.2) is 0 Å². The third-order valence-electron chi connectivity index (χ3n) is 3.09. The van der Waals surface area contributed by atoms with Crippen molar-refractivity contribution in [2.75, 3.05) is 26.7 Å². The van der Waals surface area contributed by atoms with Crippen LogP contribution in [0.25, 0.3) is 0 Å². The van der Waals surface area contributed by atoms with Gasteiger partial charge >= 0.3 is 0 Å². The predicted molar refractivity (Wildman–Crippen MR) is 75.6 cm³/mol. The van der Waals surface area contributed by atoms with Crippen LogP contribution in [0.2, 0.25) is 0 Å². The van der Waals surface area contributed by atoms with Gasteiger partial charge in [0.15, 0.2) is 0 Å². The van der Waals surface area contributed by atoms with Gasteiger partial charge in [-0.1, -0.05) is 6.92 Å². The molecule has 0 aromatic heterocycles. The molecule has 2 unspecified atom stereocenters. The molecule has 17 heavy (non-hydrogen) atoms. The molecular weight excluding hydrogens is 212 g/mol. The fraction of sp³-hybridized carbons (Fsp3) is 1.00. The minimum Gasteiger partial charge on any atom is -0.377 e. The van der Waals surface area contributed by atoms with Gasteiger partial charge in [0, 0.05) is 18.6 Å². The SMILES string of the molecule is CCCNC(C)CC(C)N(C)CCOC(C)C. The van der Waals surface area contributed by atoms with E-state index in [-0.39, 0.29) is 0 Å². The largest absolute Gasteiger partial charge is 0.377 e. The molecule has 0 aromatic rings. The zero-order valence-corrected chi connectivity index (χ0v) is 12.6. The molecule has 3 nitrogen and oxygen atoms in total. The van der Waals surface area contributed by atoms with Gasteiger partial charge in [0.25, 0.3) is 0 Å². The zero-order chi connectivity index (χ0) is 13.3. The van der Waals surface area contributed by atoms with Gasteiger partial charge in [0.05, 0.1) is 12.7 Å². The third kappa shape index (κ3) is 9.57. The maximum absolute atomic E-state index is 5.58. The number of hydrogen-bond acceptors (Lipinski definition) is 3. The summed E-state index contributed by atoms with van der Waals surface area (Å²) in [5.74, 6) is 0. The van der Waals surface area contributed by atoms with Crippen LogP contribution in [0.1, 0.15) is 47.5 Å². The van der Waals surface area contributed by atoms with E-state index in [2.05, 4.69) is 51.9 Å². The Morgan fingerprint density at radius 2 is 1.82 bits per heavy atom. The van der Waals surface area contributed by atoms with Gasteiger partial charge < -0.3 is 15.0 Å². The van der Waals surface area contributed by atoms with Crippen LogP contribution >= 0.6 is 0 Å². The number of nitrogens with one attached hydrogen (secondary N) is 1. The highest BCUT2D eigenvalue weighted by Crippen LogP contribution is 2.05. The van der Waals surface area contributed by atoms with Gasteiger partial charge in [-0.05, 0) is 54.1 Å². The molecule has 0 aliphatic heterocycles. The molecule has 0 bridgehead atoms. The van der Waals surface area contributed by atoms with Gasteiger partial charge in [0.2, 0.25) is 0 Å². The van der Waals surface area contributed by atoms with E-state index < -0.39 is 0 Å². The molecule has 0 aliphatic carbocycles. The molecule has 0 radical (unpaired) electrons. The predicted octanol–water partition coefficient (Wildman–Crippen LogP) is 2.51. The topological polar surface area (TPSA) is 24.5 Å². The van der Waals surface area contributed by atoms with E-state index >= 15 is 0 Å². The quantitative estimate of drug-likeness (QED) is 0.639. The summed E-state index contributed by atoms with van der Waals surface area (Å²) in [6.07, 6.45) is 2.73. The maximum Gasteiger partial charge on any atom is 0.0596 e. The third-order valence-corrected chi connectivity index (χ3v) is 3.09. The Morgan fingerprint density at radius 1 is 1.18 bits per heavy atom. The lowest BCUT2D eigenvalue weighted by Gasteiger charge is -2.27. The van der Waals surface area contributed by atoms with Gasteiger partial charge in [-0.25, -0.2) is 0 Å². The molecule has 0 saturated carbocycles. The molecule has 0 aromatic carbocycles. The molecule has 104 valence electrons. The Labute approximate surface area is 108 Å². The van der Waals surface area contributed by atoms with Gasteiger partial charge in [0.1, 0.15) is 0 Å². The summed E-state index contributed by atoms with van der Waals surface area (Å²) >= 11 is 0. The van der Waals surface area contributed by atoms with Crippen molar-refractivity contribution >= 4 is 0 Å². The number of rotatable bonds is 10. The van der Waals surface area contributed by atoms with Crippen LogP contribution in [0.4, 0.5) is 0 Å². The zero-order valence-electron chi connectivity index (χ0n) is 12.6. The summed E-state index contributed by atoms with van der Waals surface area (Å²) in [6, 6.07) is 1.20. The van der Waals surface area contributed by atoms with Crippen LogP contribution in [-0.4, -0.2) is 49.8 Å². The van der Waals surface area contributed by atoms with Gasteiger partial charge in [-0.2, -0.15) is 0 Å². The fourth-order valence-electron chi connectivity index (χ4n) is 1.82. The standard InChI is InChI=1S/C14H32N2O/c1-7-8-15-13(4)11-14(5)16(6)9-10-17-12(2)3/h12-15H,7-11H2,1-6H3. The lowest BCUT2D eigenvalue weighted by molar-refractivity contribution is 0.0558. The highest BCUT2D eigenvalue weighted by molar-refractivity contribution is 4.70. The first kappa shape index (κ1) is 16.9. The molecule has 0 rings (SSSR count). The molecule has 0 heterocycles. The van der Waals surface area contributed by atoms with Crippen molar-refractivity contribution in [3.8, 4) is 0 Å². The molecule has 0 amide bonds. The first-order valence-corrected chi connectivity index (χ1v) is 7.02. The number of nitrogens with zero attached hydrogens (tertiary/aromatic N) is 1. The Kier molecular flexibility index (Phi) is 9.79. The van der Waals surface area contributed by atoms with Crippen LogP contribution in [-0.2, 0) is 4.74 Å². The van der Waals surface area contributed by atoms with E-state index in [4.69, 9.17) is 4.74 Å². The Balaban J connectivity index is 3.68. The molecule has 0 aliphatic rings. The molecule has 2 atom stereocenters. The number of hydrogen-bond donors (Lipinski definition) is 1. The minimum atomic E-state index is 0.337. The molecule has 1 N–H and O–H groups in total. The number of likely N-dealkylation sites (N-methyl/N-ethyl adjacent to an activating group) is 1. The van der Waals surface area contributed by atoms with Crippen molar-refractivity contribution in [1.29, 1.82) is 0 Å². The van der Waals surface area contributed by atoms with Crippen molar-refractivity contribution in [2.24, 2.45) is 0 Å². The second-order valence-electron chi connectivity index (χ2n) is 5.34. The van der Waals surface area contributed by atoms with Crippen LogP contribution in [0.3, 0.4) is 0 Å². The highest BCUT2D eigenvalue weighted by atomic mass is 16.5. The summed E-state index contributed by atoms with van der Waals surface area (Å²) in [6.45, 7) is 13.9. The highest BCUT2D eigenvalue weighted by Gasteiger charge is 2.12. The van der Waals surface area contributed by atoms with E-state index in [1.165, 1.54) is 12.8 Å². The Morgan fingerprint density at radius 3 is 2.35 bits per heavy atom. The summed E-state index contributed by atoms with van der Waals surface area (Å²) in [4.78, 5) is 2.38. The molecule has 0 fully saturated rings. The van der Waals surface area contributed by atoms with Crippen molar-refractivity contribution in [1.82, 2.24) is 10.2 Å². The summed E-state index contributed by atoms with van der Waals surface area (Å²) < 4.78 is 5.58. The molecule has 0 spiro atoms. The number of ether oxygens (including phenoxy) is 1. The lowest BCUT2D eigenvalue weighted by atomic mass is 10.1. The summed E-state index contributed by atoms with van der Waals surface area (Å²) in [5, 5.41) is 3.53. The van der Waals surface area contributed by atoms with Crippen LogP contribution in [0, 0.1) is 0 Å². The van der Waals surface area contributed by atoms with E-state index in [0.717, 1.165) is 19.7 Å². The van der Waals surface area contributed by atoms with Crippen molar-refractivity contribution in [3.63, 3.8) is 0 Å². The maximum atomic E-state index is 5.58. The van der Waals surface area contributed by atoms with E-state index in [9.17, 15) is 0 Å². The molecule has 3 heteroatoms. The average molecular weight is 244 g/mol. The van der Waals surface area contributed by atoms with Crippen molar-refractivity contribution in [2.45, 2.75) is 65.6 Å². The van der Waals surface area contributed by atoms with Gasteiger partial charge in [-0.15, -0.1) is 0 Å². The van der Waals surface area contributed by atoms with Gasteiger partial charge in [-0.3, -0.25) is 0 Å². The first-order chi connectivity index (χ1) is 7.97. The normalized spacial score (nSPS) is 15.5. The first-order valence-electron chi connectivity index (χ1n) is 7.02. The van der Waals surface area contributed by atoms with E-state index in [0.29, 0.717) is 18.2 Å². The van der Waals surface area contributed by atoms with Crippen molar-refractivity contribution < 1.29 is 4.74 Å². The fourth-order valence-corrected chi connectivity index (χ4v) is 1.82. The minimum absolute atomic E-state index is 0.337. The molecular formula is C14H32N2O. The second kappa shape index (κ2) is 9.86. The molecule has 0 saturated heterocycles. The summed E-state index contributed by atoms with van der Waals surface area (Å²) in [5.41, 5.74) is 0. The second-order valence-corrected chi connectivity index (χ2v) is 5.34.